The second kappa shape index (κ2) is 9.18. The predicted octanol–water partition coefficient (Wildman–Crippen LogP) is 6.68. The second-order valence-electron chi connectivity index (χ2n) is 8.67. The third-order valence-corrected chi connectivity index (χ3v) is 7.18. The van der Waals surface area contributed by atoms with Crippen LogP contribution in [0.3, 0.4) is 0 Å². The van der Waals surface area contributed by atoms with E-state index in [4.69, 9.17) is 4.74 Å². The first-order valence-electron chi connectivity index (χ1n) is 10.8. The van der Waals surface area contributed by atoms with Gasteiger partial charge in [-0.3, -0.25) is 4.79 Å². The molecule has 0 unspecified atom stereocenters. The molecular weight excluding hydrogens is 528 g/mol. The second-order valence-corrected chi connectivity index (χ2v) is 9.23. The van der Waals surface area contributed by atoms with Gasteiger partial charge in [-0.05, 0) is 55.0 Å². The number of nitrogens with zero attached hydrogens (tertiary/aromatic N) is 1. The quantitative estimate of drug-likeness (QED) is 0.307. The molecule has 34 heavy (non-hydrogen) atoms. The predicted molar refractivity (Wildman–Crippen MR) is 116 cm³/mol. The molecule has 0 saturated carbocycles. The molecule has 10 heteroatoms. The van der Waals surface area contributed by atoms with Gasteiger partial charge in [-0.25, -0.2) is 0 Å². The minimum absolute atomic E-state index is 0.00972. The SMILES string of the molecule is O=C(CBr)N1[C@H]2CC[C@@H](OCc3cc(C(F)(F)F)cc(C(F)(F)F)c3)[C@]1(c1ccccc1)CC2. The summed E-state index contributed by atoms with van der Waals surface area (Å²) >= 11 is 3.23. The van der Waals surface area contributed by atoms with E-state index in [2.05, 4.69) is 15.9 Å². The van der Waals surface area contributed by atoms with E-state index in [1.54, 1.807) is 4.90 Å². The van der Waals surface area contributed by atoms with Gasteiger partial charge in [-0.2, -0.15) is 26.3 Å². The Morgan fingerprint density at radius 1 is 0.971 bits per heavy atom. The van der Waals surface area contributed by atoms with Gasteiger partial charge < -0.3 is 9.64 Å². The topological polar surface area (TPSA) is 29.5 Å². The molecule has 2 saturated heterocycles. The average molecular weight is 550 g/mol. The maximum absolute atomic E-state index is 13.3. The summed E-state index contributed by atoms with van der Waals surface area (Å²) in [6.45, 7) is -0.437. The highest BCUT2D eigenvalue weighted by atomic mass is 79.9. The maximum Gasteiger partial charge on any atom is 0.416 e. The fraction of sp³-hybridized carbons (Fsp3) is 0.458. The molecule has 0 spiro atoms. The molecule has 4 rings (SSSR count). The Balaban J connectivity index is 1.69. The van der Waals surface area contributed by atoms with Crippen molar-refractivity contribution < 1.29 is 35.9 Å². The van der Waals surface area contributed by atoms with E-state index < -0.39 is 41.7 Å². The van der Waals surface area contributed by atoms with Crippen molar-refractivity contribution in [3.05, 3.63) is 70.8 Å². The van der Waals surface area contributed by atoms with Crippen molar-refractivity contribution in [2.45, 2.75) is 62.3 Å². The first-order chi connectivity index (χ1) is 16.0. The Morgan fingerprint density at radius 3 is 2.15 bits per heavy atom. The highest BCUT2D eigenvalue weighted by molar-refractivity contribution is 9.09. The molecule has 2 aliphatic rings. The number of hydrogen-bond donors (Lipinski definition) is 0. The highest BCUT2D eigenvalue weighted by Crippen LogP contribution is 2.52. The van der Waals surface area contributed by atoms with E-state index in [9.17, 15) is 31.1 Å². The summed E-state index contributed by atoms with van der Waals surface area (Å²) in [6.07, 6.45) is -7.91. The number of alkyl halides is 7. The lowest BCUT2D eigenvalue weighted by Crippen LogP contribution is -2.59. The van der Waals surface area contributed by atoms with E-state index in [0.717, 1.165) is 12.0 Å². The summed E-state index contributed by atoms with van der Waals surface area (Å²) in [5.41, 5.74) is -2.96. The van der Waals surface area contributed by atoms with E-state index in [0.29, 0.717) is 31.4 Å². The van der Waals surface area contributed by atoms with Crippen LogP contribution < -0.4 is 0 Å². The van der Waals surface area contributed by atoms with Crippen molar-refractivity contribution in [1.82, 2.24) is 4.90 Å². The van der Waals surface area contributed by atoms with Gasteiger partial charge in [0, 0.05) is 6.04 Å². The van der Waals surface area contributed by atoms with E-state index in [1.165, 1.54) is 0 Å². The summed E-state index contributed by atoms with van der Waals surface area (Å²) in [4.78, 5) is 14.7. The number of rotatable bonds is 5. The van der Waals surface area contributed by atoms with Crippen LogP contribution in [-0.2, 0) is 34.0 Å². The first kappa shape index (κ1) is 25.0. The molecule has 0 N–H and O–H groups in total. The van der Waals surface area contributed by atoms with Crippen LogP contribution in [0.5, 0.6) is 0 Å². The fourth-order valence-electron chi connectivity index (χ4n) is 5.34. The van der Waals surface area contributed by atoms with Crippen molar-refractivity contribution in [3.8, 4) is 0 Å². The monoisotopic (exact) mass is 549 g/mol. The highest BCUT2D eigenvalue weighted by Gasteiger charge is 2.57. The number of amides is 1. The Bertz CT molecular complexity index is 1010. The van der Waals surface area contributed by atoms with Gasteiger partial charge in [0.1, 0.15) is 0 Å². The Kier molecular flexibility index (Phi) is 6.76. The van der Waals surface area contributed by atoms with Crippen LogP contribution in [-0.4, -0.2) is 28.3 Å². The molecule has 2 fully saturated rings. The van der Waals surface area contributed by atoms with Gasteiger partial charge >= 0.3 is 12.4 Å². The molecule has 0 aliphatic carbocycles. The summed E-state index contributed by atoms with van der Waals surface area (Å²) < 4.78 is 85.6. The van der Waals surface area contributed by atoms with Crippen LogP contribution in [0.1, 0.15) is 47.9 Å². The van der Waals surface area contributed by atoms with Gasteiger partial charge in [0.2, 0.25) is 5.91 Å². The van der Waals surface area contributed by atoms with E-state index in [1.807, 2.05) is 30.3 Å². The van der Waals surface area contributed by atoms with Crippen LogP contribution >= 0.6 is 15.9 Å². The van der Waals surface area contributed by atoms with Crippen molar-refractivity contribution in [2.75, 3.05) is 5.33 Å². The molecule has 0 radical (unpaired) electrons. The van der Waals surface area contributed by atoms with Crippen molar-refractivity contribution in [3.63, 3.8) is 0 Å². The lowest BCUT2D eigenvalue weighted by atomic mass is 9.78. The number of fused-ring (bicyclic) bond motifs is 2. The molecule has 184 valence electrons. The fourth-order valence-corrected chi connectivity index (χ4v) is 5.61. The van der Waals surface area contributed by atoms with Crippen LogP contribution in [0.15, 0.2) is 48.5 Å². The third kappa shape index (κ3) is 4.58. The van der Waals surface area contributed by atoms with E-state index in [-0.39, 0.29) is 28.9 Å². The molecule has 2 aliphatic heterocycles. The molecular formula is C24H22BrF6NO2. The standard InChI is InChI=1S/C24H22BrF6NO2/c25-13-21(33)32-19-6-7-20(22(32,9-8-19)16-4-2-1-3-5-16)34-14-15-10-17(23(26,27)28)12-18(11-15)24(29,30)31/h1-5,10-12,19-20H,6-9,13-14H2/t19-,20+,22+/m0/s1. The zero-order valence-corrected chi connectivity index (χ0v) is 19.5. The van der Waals surface area contributed by atoms with Crippen LogP contribution in [0.4, 0.5) is 26.3 Å². The Labute approximate surface area is 201 Å². The zero-order valence-electron chi connectivity index (χ0n) is 17.9. The number of hydrogen-bond acceptors (Lipinski definition) is 2. The lowest BCUT2D eigenvalue weighted by Gasteiger charge is -2.50. The van der Waals surface area contributed by atoms with Crippen molar-refractivity contribution >= 4 is 21.8 Å². The van der Waals surface area contributed by atoms with Gasteiger partial charge in [0.05, 0.1) is 34.7 Å². The number of carbonyl (C=O) groups excluding carboxylic acids is 1. The molecule has 2 aromatic carbocycles. The molecule has 2 aromatic rings. The summed E-state index contributed by atoms with van der Waals surface area (Å²) in [5, 5.41) is 0.105. The smallest absolute Gasteiger partial charge is 0.371 e. The molecule has 3 nitrogen and oxygen atoms in total. The maximum atomic E-state index is 13.3. The summed E-state index contributed by atoms with van der Waals surface area (Å²) in [6, 6.07) is 10.8. The van der Waals surface area contributed by atoms with Crippen molar-refractivity contribution in [2.24, 2.45) is 0 Å². The van der Waals surface area contributed by atoms with Gasteiger partial charge in [-0.15, -0.1) is 0 Å². The molecule has 0 aromatic heterocycles. The van der Waals surface area contributed by atoms with Crippen LogP contribution in [0, 0.1) is 0 Å². The number of benzene rings is 2. The molecule has 2 bridgehead atoms. The minimum atomic E-state index is -4.93. The van der Waals surface area contributed by atoms with Gasteiger partial charge in [0.25, 0.3) is 0 Å². The first-order valence-corrected chi connectivity index (χ1v) is 11.9. The van der Waals surface area contributed by atoms with Crippen LogP contribution in [0.2, 0.25) is 0 Å². The number of piperidine rings is 1. The number of carbonyl (C=O) groups is 1. The normalized spacial score (nSPS) is 25.0. The average Bonchev–Trinajstić information content (AvgIpc) is 3.08. The number of halogens is 7. The molecule has 1 amide bonds. The third-order valence-electron chi connectivity index (χ3n) is 6.70. The largest absolute Gasteiger partial charge is 0.416 e. The van der Waals surface area contributed by atoms with Gasteiger partial charge in [-0.1, -0.05) is 46.3 Å². The lowest BCUT2D eigenvalue weighted by molar-refractivity contribution is -0.153. The summed E-state index contributed by atoms with van der Waals surface area (Å²) in [7, 11) is 0. The van der Waals surface area contributed by atoms with Crippen molar-refractivity contribution in [1.29, 1.82) is 0 Å². The van der Waals surface area contributed by atoms with E-state index >= 15 is 0 Å². The minimum Gasteiger partial charge on any atom is -0.371 e. The zero-order chi connectivity index (χ0) is 24.7. The molecule has 2 heterocycles. The molecule has 3 atom stereocenters. The van der Waals surface area contributed by atoms with Gasteiger partial charge in [0.15, 0.2) is 0 Å². The summed E-state index contributed by atoms with van der Waals surface area (Å²) in [5.74, 6) is -0.127. The number of ether oxygens (including phenoxy) is 1. The Morgan fingerprint density at radius 2 is 1.59 bits per heavy atom. The van der Waals surface area contributed by atoms with Crippen LogP contribution in [0.25, 0.3) is 0 Å². The Hall–Kier alpha value is -2.07.